The molecule has 144 valence electrons. The lowest BCUT2D eigenvalue weighted by molar-refractivity contribution is -0.122. The van der Waals surface area contributed by atoms with E-state index in [4.69, 9.17) is 4.74 Å². The van der Waals surface area contributed by atoms with Crippen LogP contribution in [0.5, 0.6) is 5.75 Å². The van der Waals surface area contributed by atoms with Gasteiger partial charge in [0.1, 0.15) is 11.0 Å². The number of nitrogens with zero attached hydrogens (tertiary/aromatic N) is 2. The molecule has 2 amide bonds. The topological polar surface area (TPSA) is 92.2 Å². The van der Waals surface area contributed by atoms with Gasteiger partial charge >= 0.3 is 0 Å². The number of carbonyl (C=O) groups excluding carboxylic acids is 2. The molecule has 2 aromatic carbocycles. The number of hydrogen-bond acceptors (Lipinski definition) is 6. The highest BCUT2D eigenvalue weighted by Crippen LogP contribution is 2.23. The number of thioether (sulfide) groups is 1. The molecule has 1 atom stereocenters. The Morgan fingerprint density at radius 2 is 2.00 bits per heavy atom. The first-order valence-corrected chi connectivity index (χ1v) is 9.51. The molecular weight excluding hydrogens is 376 g/mol. The monoisotopic (exact) mass is 396 g/mol. The predicted octanol–water partition coefficient (Wildman–Crippen LogP) is 2.95. The second kappa shape index (κ2) is 9.18. The number of methoxy groups -OCH3 is 1. The van der Waals surface area contributed by atoms with Crippen LogP contribution in [0.4, 0.5) is 5.69 Å². The van der Waals surface area contributed by atoms with Crippen LogP contribution in [0.3, 0.4) is 0 Å². The van der Waals surface area contributed by atoms with Gasteiger partial charge in [0.05, 0.1) is 13.3 Å². The molecule has 0 saturated carbocycles. The standard InChI is InChI=1S/C20H20N4O3S/c1-13-7-9-15(10-8-13)22-18(25)11-17-19(26)23-20(28-17)24-21-12-14-5-3-4-6-16(14)27-2/h3-10,12,17H,11H2,1-2H3,(H,22,25)(H,23,24,26)/b21-12-/t17-/m0/s1. The van der Waals surface area contributed by atoms with E-state index in [2.05, 4.69) is 20.8 Å². The number of anilines is 1. The Labute approximate surface area is 167 Å². The fraction of sp³-hybridized carbons (Fsp3) is 0.200. The van der Waals surface area contributed by atoms with E-state index in [0.717, 1.165) is 11.1 Å². The summed E-state index contributed by atoms with van der Waals surface area (Å²) in [5, 5.41) is 13.3. The summed E-state index contributed by atoms with van der Waals surface area (Å²) in [5.74, 6) is 0.200. The van der Waals surface area contributed by atoms with Crippen LogP contribution in [-0.4, -0.2) is 35.6 Å². The van der Waals surface area contributed by atoms with Gasteiger partial charge < -0.3 is 15.4 Å². The zero-order chi connectivity index (χ0) is 19.9. The SMILES string of the molecule is COc1ccccc1/C=N\N=C1\NC(=O)[C@H](CC(=O)Nc2ccc(C)cc2)S1. The number of rotatable bonds is 6. The van der Waals surface area contributed by atoms with E-state index >= 15 is 0 Å². The first-order valence-electron chi connectivity index (χ1n) is 8.63. The van der Waals surface area contributed by atoms with Gasteiger partial charge in [0.2, 0.25) is 11.8 Å². The van der Waals surface area contributed by atoms with E-state index in [9.17, 15) is 9.59 Å². The summed E-state index contributed by atoms with van der Waals surface area (Å²) in [6.45, 7) is 1.97. The number of hydrogen-bond donors (Lipinski definition) is 2. The third-order valence-corrected chi connectivity index (χ3v) is 5.04. The minimum absolute atomic E-state index is 0.0552. The van der Waals surface area contributed by atoms with E-state index < -0.39 is 5.25 Å². The molecule has 0 radical (unpaired) electrons. The second-order valence-electron chi connectivity index (χ2n) is 6.11. The Morgan fingerprint density at radius 3 is 2.75 bits per heavy atom. The molecule has 1 heterocycles. The number of benzene rings is 2. The number of aryl methyl sites for hydroxylation is 1. The first-order chi connectivity index (χ1) is 13.5. The molecule has 1 aliphatic rings. The molecule has 3 rings (SSSR count). The number of carbonyl (C=O) groups is 2. The van der Waals surface area contributed by atoms with Crippen LogP contribution >= 0.6 is 11.8 Å². The van der Waals surface area contributed by atoms with E-state index in [-0.39, 0.29) is 18.2 Å². The summed E-state index contributed by atoms with van der Waals surface area (Å²) in [6.07, 6.45) is 1.61. The smallest absolute Gasteiger partial charge is 0.240 e. The minimum Gasteiger partial charge on any atom is -0.496 e. The number of nitrogens with one attached hydrogen (secondary N) is 2. The summed E-state index contributed by atoms with van der Waals surface area (Å²) in [5.41, 5.74) is 2.59. The largest absolute Gasteiger partial charge is 0.496 e. The van der Waals surface area contributed by atoms with Crippen molar-refractivity contribution in [1.82, 2.24) is 5.32 Å². The maximum atomic E-state index is 12.2. The van der Waals surface area contributed by atoms with Gasteiger partial charge in [-0.25, -0.2) is 0 Å². The molecule has 1 fully saturated rings. The average molecular weight is 396 g/mol. The van der Waals surface area contributed by atoms with Crippen molar-refractivity contribution in [2.45, 2.75) is 18.6 Å². The van der Waals surface area contributed by atoms with Gasteiger partial charge in [0.25, 0.3) is 0 Å². The van der Waals surface area contributed by atoms with Gasteiger partial charge in [-0.2, -0.15) is 5.10 Å². The molecule has 1 aliphatic heterocycles. The first kappa shape index (κ1) is 19.6. The maximum absolute atomic E-state index is 12.2. The zero-order valence-electron chi connectivity index (χ0n) is 15.5. The van der Waals surface area contributed by atoms with Crippen LogP contribution in [0.15, 0.2) is 58.7 Å². The van der Waals surface area contributed by atoms with E-state index in [1.54, 1.807) is 13.3 Å². The Morgan fingerprint density at radius 1 is 1.25 bits per heavy atom. The van der Waals surface area contributed by atoms with Gasteiger partial charge in [-0.05, 0) is 31.2 Å². The van der Waals surface area contributed by atoms with Crippen molar-refractivity contribution in [2.24, 2.45) is 10.2 Å². The van der Waals surface area contributed by atoms with Crippen molar-refractivity contribution in [2.75, 3.05) is 12.4 Å². The van der Waals surface area contributed by atoms with Gasteiger partial charge in [-0.1, -0.05) is 41.6 Å². The molecule has 0 spiro atoms. The molecule has 0 aromatic heterocycles. The third-order valence-electron chi connectivity index (χ3n) is 3.97. The zero-order valence-corrected chi connectivity index (χ0v) is 16.3. The second-order valence-corrected chi connectivity index (χ2v) is 7.30. The summed E-state index contributed by atoms with van der Waals surface area (Å²) in [7, 11) is 1.58. The van der Waals surface area contributed by atoms with Crippen molar-refractivity contribution >= 4 is 40.6 Å². The molecule has 1 saturated heterocycles. The van der Waals surface area contributed by atoms with Crippen LogP contribution in [0.25, 0.3) is 0 Å². The van der Waals surface area contributed by atoms with E-state index in [0.29, 0.717) is 16.6 Å². The molecular formula is C20H20N4O3S. The summed E-state index contributed by atoms with van der Waals surface area (Å²) in [4.78, 5) is 24.3. The predicted molar refractivity (Wildman–Crippen MR) is 112 cm³/mol. The number of amidine groups is 1. The lowest BCUT2D eigenvalue weighted by Crippen LogP contribution is -2.28. The highest BCUT2D eigenvalue weighted by atomic mass is 32.2. The van der Waals surface area contributed by atoms with E-state index in [1.165, 1.54) is 11.8 Å². The van der Waals surface area contributed by atoms with E-state index in [1.807, 2.05) is 55.5 Å². The normalized spacial score (nSPS) is 17.7. The molecule has 2 aromatic rings. The average Bonchev–Trinajstić information content (AvgIpc) is 3.03. The third kappa shape index (κ3) is 5.20. The van der Waals surface area contributed by atoms with Crippen molar-refractivity contribution in [3.05, 3.63) is 59.7 Å². The fourth-order valence-corrected chi connectivity index (χ4v) is 3.44. The van der Waals surface area contributed by atoms with Gasteiger partial charge in [0, 0.05) is 17.7 Å². The molecule has 8 heteroatoms. The molecule has 0 aliphatic carbocycles. The van der Waals surface area contributed by atoms with Gasteiger partial charge in [-0.3, -0.25) is 9.59 Å². The Kier molecular flexibility index (Phi) is 6.44. The maximum Gasteiger partial charge on any atom is 0.240 e. The Bertz CT molecular complexity index is 925. The highest BCUT2D eigenvalue weighted by molar-refractivity contribution is 8.15. The van der Waals surface area contributed by atoms with Crippen molar-refractivity contribution in [3.8, 4) is 5.75 Å². The minimum atomic E-state index is -0.536. The van der Waals surface area contributed by atoms with Gasteiger partial charge in [0.15, 0.2) is 5.17 Å². The summed E-state index contributed by atoms with van der Waals surface area (Å²) < 4.78 is 5.24. The molecule has 2 N–H and O–H groups in total. The number of amides is 2. The fourth-order valence-electron chi connectivity index (χ4n) is 2.52. The highest BCUT2D eigenvalue weighted by Gasteiger charge is 2.32. The summed E-state index contributed by atoms with van der Waals surface area (Å²) >= 11 is 1.19. The van der Waals surface area contributed by atoms with Crippen LogP contribution < -0.4 is 15.4 Å². The lowest BCUT2D eigenvalue weighted by atomic mass is 10.2. The van der Waals surface area contributed by atoms with Gasteiger partial charge in [-0.15, -0.1) is 5.10 Å². The summed E-state index contributed by atoms with van der Waals surface area (Å²) in [6, 6.07) is 14.9. The van der Waals surface area contributed by atoms with Crippen molar-refractivity contribution in [3.63, 3.8) is 0 Å². The van der Waals surface area contributed by atoms with Crippen molar-refractivity contribution < 1.29 is 14.3 Å². The van der Waals surface area contributed by atoms with Crippen molar-refractivity contribution in [1.29, 1.82) is 0 Å². The Balaban J connectivity index is 1.57. The lowest BCUT2D eigenvalue weighted by Gasteiger charge is -2.07. The van der Waals surface area contributed by atoms with Crippen LogP contribution in [0.1, 0.15) is 17.5 Å². The number of para-hydroxylation sites is 1. The molecule has 7 nitrogen and oxygen atoms in total. The molecule has 0 unspecified atom stereocenters. The molecule has 28 heavy (non-hydrogen) atoms. The van der Waals surface area contributed by atoms with Crippen LogP contribution in [0.2, 0.25) is 0 Å². The van der Waals surface area contributed by atoms with Crippen LogP contribution in [-0.2, 0) is 9.59 Å². The number of ether oxygens (including phenoxy) is 1. The molecule has 0 bridgehead atoms. The van der Waals surface area contributed by atoms with Crippen LogP contribution in [0, 0.1) is 6.92 Å². The Hall–Kier alpha value is -3.13. The quantitative estimate of drug-likeness (QED) is 0.580.